The van der Waals surface area contributed by atoms with E-state index in [-0.39, 0.29) is 12.1 Å². The highest BCUT2D eigenvalue weighted by molar-refractivity contribution is 9.10. The van der Waals surface area contributed by atoms with Gasteiger partial charge in [0, 0.05) is 23.3 Å². The molecule has 0 heterocycles. The molecular formula is C12H18BrNO2. The van der Waals surface area contributed by atoms with Crippen molar-refractivity contribution in [2.45, 2.75) is 26.0 Å². The molecule has 0 aromatic heterocycles. The van der Waals surface area contributed by atoms with Crippen molar-refractivity contribution in [1.29, 1.82) is 0 Å². The summed E-state index contributed by atoms with van der Waals surface area (Å²) in [7, 11) is 3.37. The van der Waals surface area contributed by atoms with Crippen molar-refractivity contribution in [2.24, 2.45) is 0 Å². The van der Waals surface area contributed by atoms with E-state index in [1.165, 1.54) is 0 Å². The molecule has 0 saturated heterocycles. The third-order valence-electron chi connectivity index (χ3n) is 2.64. The van der Waals surface area contributed by atoms with E-state index in [1.807, 2.05) is 25.1 Å². The number of hydrogen-bond donors (Lipinski definition) is 1. The molecule has 16 heavy (non-hydrogen) atoms. The van der Waals surface area contributed by atoms with Crippen LogP contribution in [0, 0.1) is 0 Å². The SMILES string of the molecule is COc1ccc(NC(C)C(C)OC)c(Br)c1. The summed E-state index contributed by atoms with van der Waals surface area (Å²) in [5, 5.41) is 3.38. The zero-order valence-electron chi connectivity index (χ0n) is 10.1. The molecular weight excluding hydrogens is 270 g/mol. The van der Waals surface area contributed by atoms with E-state index in [2.05, 4.69) is 28.2 Å². The molecule has 0 bridgehead atoms. The van der Waals surface area contributed by atoms with Crippen LogP contribution in [0.15, 0.2) is 22.7 Å². The third kappa shape index (κ3) is 3.39. The van der Waals surface area contributed by atoms with Crippen LogP contribution in [0.1, 0.15) is 13.8 Å². The summed E-state index contributed by atoms with van der Waals surface area (Å²) in [5.74, 6) is 0.838. The number of halogens is 1. The van der Waals surface area contributed by atoms with Crippen molar-refractivity contribution in [3.63, 3.8) is 0 Å². The smallest absolute Gasteiger partial charge is 0.120 e. The summed E-state index contributed by atoms with van der Waals surface area (Å²) in [4.78, 5) is 0. The second kappa shape index (κ2) is 6.11. The molecule has 2 atom stereocenters. The van der Waals surface area contributed by atoms with Crippen molar-refractivity contribution in [3.05, 3.63) is 22.7 Å². The van der Waals surface area contributed by atoms with Crippen LogP contribution in [0.5, 0.6) is 5.75 Å². The first kappa shape index (κ1) is 13.3. The summed E-state index contributed by atoms with van der Waals surface area (Å²) in [6.45, 7) is 4.12. The van der Waals surface area contributed by atoms with Gasteiger partial charge in [-0.3, -0.25) is 0 Å². The van der Waals surface area contributed by atoms with E-state index in [9.17, 15) is 0 Å². The average Bonchev–Trinajstić information content (AvgIpc) is 2.30. The van der Waals surface area contributed by atoms with Crippen LogP contribution in [0.2, 0.25) is 0 Å². The van der Waals surface area contributed by atoms with Crippen LogP contribution in [0.25, 0.3) is 0 Å². The third-order valence-corrected chi connectivity index (χ3v) is 3.29. The molecule has 0 fully saturated rings. The highest BCUT2D eigenvalue weighted by Crippen LogP contribution is 2.27. The lowest BCUT2D eigenvalue weighted by Crippen LogP contribution is -2.29. The maximum atomic E-state index is 5.27. The molecule has 4 heteroatoms. The van der Waals surface area contributed by atoms with Gasteiger partial charge in [0.15, 0.2) is 0 Å². The first-order valence-corrected chi connectivity index (χ1v) is 6.00. The number of anilines is 1. The normalized spacial score (nSPS) is 14.3. The molecule has 2 unspecified atom stereocenters. The molecule has 1 aromatic carbocycles. The summed E-state index contributed by atoms with van der Waals surface area (Å²) in [5.41, 5.74) is 1.04. The van der Waals surface area contributed by atoms with Crippen LogP contribution < -0.4 is 10.1 Å². The molecule has 0 aliphatic heterocycles. The van der Waals surface area contributed by atoms with Crippen molar-refractivity contribution in [1.82, 2.24) is 0 Å². The van der Waals surface area contributed by atoms with Gasteiger partial charge in [-0.15, -0.1) is 0 Å². The Labute approximate surface area is 105 Å². The fourth-order valence-corrected chi connectivity index (χ4v) is 1.78. The van der Waals surface area contributed by atoms with Crippen LogP contribution in [0.4, 0.5) is 5.69 Å². The van der Waals surface area contributed by atoms with E-state index in [0.717, 1.165) is 15.9 Å². The Morgan fingerprint density at radius 3 is 2.44 bits per heavy atom. The number of benzene rings is 1. The quantitative estimate of drug-likeness (QED) is 0.901. The zero-order chi connectivity index (χ0) is 12.1. The number of rotatable bonds is 5. The van der Waals surface area contributed by atoms with E-state index < -0.39 is 0 Å². The highest BCUT2D eigenvalue weighted by Gasteiger charge is 2.12. The fraction of sp³-hybridized carbons (Fsp3) is 0.500. The van der Waals surface area contributed by atoms with E-state index in [4.69, 9.17) is 9.47 Å². The first-order valence-electron chi connectivity index (χ1n) is 5.21. The number of ether oxygens (including phenoxy) is 2. The van der Waals surface area contributed by atoms with Crippen molar-refractivity contribution in [2.75, 3.05) is 19.5 Å². The second-order valence-electron chi connectivity index (χ2n) is 3.72. The maximum absolute atomic E-state index is 5.27. The summed E-state index contributed by atoms with van der Waals surface area (Å²) >= 11 is 3.50. The molecule has 1 rings (SSSR count). The lowest BCUT2D eigenvalue weighted by atomic mass is 10.2. The van der Waals surface area contributed by atoms with Crippen molar-refractivity contribution >= 4 is 21.6 Å². The van der Waals surface area contributed by atoms with Gasteiger partial charge in [0.2, 0.25) is 0 Å². The van der Waals surface area contributed by atoms with Gasteiger partial charge >= 0.3 is 0 Å². The van der Waals surface area contributed by atoms with Gasteiger partial charge in [-0.1, -0.05) is 0 Å². The minimum Gasteiger partial charge on any atom is -0.497 e. The monoisotopic (exact) mass is 287 g/mol. The standard InChI is InChI=1S/C12H18BrNO2/c1-8(9(2)15-3)14-12-6-5-10(16-4)7-11(12)13/h5-9,14H,1-4H3. The molecule has 0 radical (unpaired) electrons. The average molecular weight is 288 g/mol. The Balaban J connectivity index is 2.74. The van der Waals surface area contributed by atoms with E-state index in [1.54, 1.807) is 14.2 Å². The van der Waals surface area contributed by atoms with Gasteiger partial charge in [0.25, 0.3) is 0 Å². The largest absolute Gasteiger partial charge is 0.497 e. The zero-order valence-corrected chi connectivity index (χ0v) is 11.7. The molecule has 1 N–H and O–H groups in total. The second-order valence-corrected chi connectivity index (χ2v) is 4.57. The van der Waals surface area contributed by atoms with E-state index in [0.29, 0.717) is 0 Å². The van der Waals surface area contributed by atoms with E-state index >= 15 is 0 Å². The van der Waals surface area contributed by atoms with Gasteiger partial charge in [0.05, 0.1) is 13.2 Å². The predicted octanol–water partition coefficient (Wildman–Crippen LogP) is 3.29. The minimum absolute atomic E-state index is 0.161. The molecule has 0 aliphatic rings. The minimum atomic E-state index is 0.161. The number of nitrogens with one attached hydrogen (secondary N) is 1. The van der Waals surface area contributed by atoms with Crippen LogP contribution in [-0.2, 0) is 4.74 Å². The Morgan fingerprint density at radius 1 is 1.25 bits per heavy atom. The van der Waals surface area contributed by atoms with Gasteiger partial charge in [-0.05, 0) is 48.0 Å². The Morgan fingerprint density at radius 2 is 1.94 bits per heavy atom. The maximum Gasteiger partial charge on any atom is 0.120 e. The van der Waals surface area contributed by atoms with Crippen LogP contribution >= 0.6 is 15.9 Å². The predicted molar refractivity (Wildman–Crippen MR) is 70.2 cm³/mol. The van der Waals surface area contributed by atoms with Crippen molar-refractivity contribution < 1.29 is 9.47 Å². The molecule has 90 valence electrons. The molecule has 1 aromatic rings. The molecule has 0 amide bonds. The Kier molecular flexibility index (Phi) is 5.09. The molecule has 0 aliphatic carbocycles. The molecule has 0 spiro atoms. The number of methoxy groups -OCH3 is 2. The van der Waals surface area contributed by atoms with Gasteiger partial charge in [-0.25, -0.2) is 0 Å². The fourth-order valence-electron chi connectivity index (χ4n) is 1.31. The first-order chi connectivity index (χ1) is 7.58. The van der Waals surface area contributed by atoms with Gasteiger partial charge in [-0.2, -0.15) is 0 Å². The highest BCUT2D eigenvalue weighted by atomic mass is 79.9. The summed E-state index contributed by atoms with van der Waals surface area (Å²) < 4.78 is 11.4. The van der Waals surface area contributed by atoms with Crippen LogP contribution in [-0.4, -0.2) is 26.4 Å². The lowest BCUT2D eigenvalue weighted by molar-refractivity contribution is 0.106. The summed E-state index contributed by atoms with van der Waals surface area (Å²) in [6, 6.07) is 6.10. The molecule has 3 nitrogen and oxygen atoms in total. The lowest BCUT2D eigenvalue weighted by Gasteiger charge is -2.21. The van der Waals surface area contributed by atoms with Gasteiger partial charge < -0.3 is 14.8 Å². The molecule has 0 saturated carbocycles. The Bertz CT molecular complexity index is 344. The van der Waals surface area contributed by atoms with Crippen molar-refractivity contribution in [3.8, 4) is 5.75 Å². The topological polar surface area (TPSA) is 30.5 Å². The van der Waals surface area contributed by atoms with Gasteiger partial charge in [0.1, 0.15) is 5.75 Å². The Hall–Kier alpha value is -0.740. The number of hydrogen-bond acceptors (Lipinski definition) is 3. The van der Waals surface area contributed by atoms with Crippen LogP contribution in [0.3, 0.4) is 0 Å². The summed E-state index contributed by atoms with van der Waals surface area (Å²) in [6.07, 6.45) is 0.161.